The van der Waals surface area contributed by atoms with Crippen molar-refractivity contribution < 1.29 is 33.6 Å². The number of amides is 6. The van der Waals surface area contributed by atoms with Gasteiger partial charge in [-0.15, -0.1) is 0 Å². The molecule has 1 aromatic carbocycles. The SMILES string of the molecule is CCCC(NC(=O)[C@@H]1[C@@H](C2CCCCC2)CCN1C(=O)[C@@H](NC(=O)[C@@H](NC(=O)C1CSC(=O)N1)C1CCCCC1)C(C)(C)C)C(=O)C(=O)N[C@@H](C)c1ccccc1. The topological polar surface area (TPSA) is 183 Å². The minimum absolute atomic E-state index is 0.134. The zero-order valence-corrected chi connectivity index (χ0v) is 35.2. The van der Waals surface area contributed by atoms with Crippen molar-refractivity contribution in [2.75, 3.05) is 12.3 Å². The van der Waals surface area contributed by atoms with Crippen LogP contribution in [0.2, 0.25) is 0 Å². The first-order valence-corrected chi connectivity index (χ1v) is 22.2. The predicted molar refractivity (Wildman–Crippen MR) is 220 cm³/mol. The number of nitrogens with zero attached hydrogens (tertiary/aromatic N) is 1. The van der Waals surface area contributed by atoms with E-state index in [9.17, 15) is 33.6 Å². The Morgan fingerprint density at radius 2 is 1.49 bits per heavy atom. The first-order chi connectivity index (χ1) is 27.2. The largest absolute Gasteiger partial charge is 0.344 e. The quantitative estimate of drug-likeness (QED) is 0.155. The van der Waals surface area contributed by atoms with Crippen LogP contribution in [0, 0.1) is 23.2 Å². The summed E-state index contributed by atoms with van der Waals surface area (Å²) in [7, 11) is 0. The predicted octanol–water partition coefficient (Wildman–Crippen LogP) is 4.94. The molecule has 1 aromatic rings. The highest BCUT2D eigenvalue weighted by Gasteiger charge is 2.49. The maximum Gasteiger partial charge on any atom is 0.290 e. The summed E-state index contributed by atoms with van der Waals surface area (Å²) in [6, 6.07) is 4.27. The van der Waals surface area contributed by atoms with E-state index in [0.717, 1.165) is 81.5 Å². The highest BCUT2D eigenvalue weighted by atomic mass is 32.2. The van der Waals surface area contributed by atoms with Gasteiger partial charge in [0.15, 0.2) is 0 Å². The van der Waals surface area contributed by atoms with Crippen LogP contribution in [0.1, 0.15) is 130 Å². The average Bonchev–Trinajstić information content (AvgIpc) is 3.86. The van der Waals surface area contributed by atoms with Gasteiger partial charge in [-0.3, -0.25) is 33.6 Å². The Hall–Kier alpha value is -3.94. The number of Topliss-reactive ketones (excluding diaryl/α,β-unsaturated/α-hetero) is 1. The van der Waals surface area contributed by atoms with E-state index in [0.29, 0.717) is 19.4 Å². The fraction of sp³-hybridized carbons (Fsp3) is 0.698. The Bertz CT molecular complexity index is 1610. The summed E-state index contributed by atoms with van der Waals surface area (Å²) in [4.78, 5) is 97.6. The summed E-state index contributed by atoms with van der Waals surface area (Å²) < 4.78 is 0. The minimum atomic E-state index is -1.07. The number of carbonyl (C=O) groups excluding carboxylic acids is 7. The van der Waals surface area contributed by atoms with Crippen LogP contribution in [0.15, 0.2) is 30.3 Å². The molecule has 6 amide bonds. The Balaban J connectivity index is 1.37. The van der Waals surface area contributed by atoms with Gasteiger partial charge in [0.05, 0.1) is 12.1 Å². The number of hydrogen-bond acceptors (Lipinski definition) is 8. The lowest BCUT2D eigenvalue weighted by atomic mass is 9.76. The number of nitrogens with one attached hydrogen (secondary N) is 5. The first kappa shape index (κ1) is 44.2. The average molecular weight is 809 g/mol. The normalized spacial score (nSPS) is 24.1. The lowest BCUT2D eigenvalue weighted by Gasteiger charge is -2.39. The van der Waals surface area contributed by atoms with E-state index >= 15 is 0 Å². The second-order valence-electron chi connectivity index (χ2n) is 17.6. The number of likely N-dealkylation sites (tertiary alicyclic amines) is 1. The van der Waals surface area contributed by atoms with E-state index in [1.807, 2.05) is 58.0 Å². The number of carbonyl (C=O) groups is 7. The van der Waals surface area contributed by atoms with Crippen molar-refractivity contribution in [3.8, 4) is 0 Å². The third-order valence-electron chi connectivity index (χ3n) is 12.4. The Kier molecular flexibility index (Phi) is 15.6. The molecule has 2 aliphatic carbocycles. The zero-order valence-electron chi connectivity index (χ0n) is 34.4. The van der Waals surface area contributed by atoms with Gasteiger partial charge in [-0.25, -0.2) is 0 Å². The van der Waals surface area contributed by atoms with Gasteiger partial charge in [-0.1, -0.05) is 128 Å². The standard InChI is InChI=1S/C43H64N6O7S/c1-6-16-31(35(50)40(54)44-26(2)27-17-10-7-11-18-27)45-39(53)34-30(28-19-12-8-13-20-28)23-24-49(34)41(55)36(43(3,4)5)48-38(52)33(29-21-14-9-15-22-29)47-37(51)32-25-57-42(56)46-32/h7,10-11,17-18,26,28-34,36H,6,8-9,12-16,19-25H2,1-5H3,(H,44,54)(H,45,53)(H,46,56)(H,47,51)(H,48,52)/t26-,30+,31?,32?,33-,34-,36+/m0/s1. The summed E-state index contributed by atoms with van der Waals surface area (Å²) in [5.74, 6) is -3.06. The highest BCUT2D eigenvalue weighted by molar-refractivity contribution is 8.14. The molecule has 2 heterocycles. The lowest BCUT2D eigenvalue weighted by molar-refractivity contribution is -0.146. The van der Waals surface area contributed by atoms with Crippen LogP contribution < -0.4 is 26.6 Å². The second-order valence-corrected chi connectivity index (χ2v) is 18.6. The van der Waals surface area contributed by atoms with Gasteiger partial charge in [0.2, 0.25) is 29.4 Å². The van der Waals surface area contributed by atoms with Crippen molar-refractivity contribution in [3.63, 3.8) is 0 Å². The fourth-order valence-corrected chi connectivity index (χ4v) is 9.99. The van der Waals surface area contributed by atoms with Crippen LogP contribution in [0.4, 0.5) is 4.79 Å². The van der Waals surface area contributed by atoms with Crippen molar-refractivity contribution >= 4 is 52.3 Å². The van der Waals surface area contributed by atoms with Crippen LogP contribution >= 0.6 is 11.8 Å². The molecule has 0 radical (unpaired) electrons. The number of hydrogen-bond donors (Lipinski definition) is 5. The molecule has 2 unspecified atom stereocenters. The van der Waals surface area contributed by atoms with Crippen molar-refractivity contribution in [1.82, 2.24) is 31.5 Å². The molecule has 2 saturated heterocycles. The van der Waals surface area contributed by atoms with Gasteiger partial charge in [-0.05, 0) is 61.3 Å². The number of benzene rings is 1. The zero-order chi connectivity index (χ0) is 41.3. The molecule has 4 fully saturated rings. The van der Waals surface area contributed by atoms with E-state index in [1.165, 1.54) is 0 Å². The molecule has 13 nitrogen and oxygen atoms in total. The third kappa shape index (κ3) is 11.4. The first-order valence-electron chi connectivity index (χ1n) is 21.2. The van der Waals surface area contributed by atoms with Crippen molar-refractivity contribution in [3.05, 3.63) is 35.9 Å². The van der Waals surface area contributed by atoms with Crippen LogP contribution in [0.5, 0.6) is 0 Å². The van der Waals surface area contributed by atoms with Gasteiger partial charge >= 0.3 is 0 Å². The molecule has 2 saturated carbocycles. The van der Waals surface area contributed by atoms with Crippen LogP contribution in [0.25, 0.3) is 0 Å². The van der Waals surface area contributed by atoms with E-state index in [1.54, 1.807) is 11.8 Å². The molecule has 5 N–H and O–H groups in total. The lowest BCUT2D eigenvalue weighted by Crippen LogP contribution is -2.63. The molecule has 5 rings (SSSR count). The van der Waals surface area contributed by atoms with Gasteiger partial charge in [0, 0.05) is 12.3 Å². The molecule has 4 aliphatic rings. The van der Waals surface area contributed by atoms with Crippen LogP contribution in [-0.4, -0.2) is 88.0 Å². The summed E-state index contributed by atoms with van der Waals surface area (Å²) in [5, 5.41) is 14.1. The second kappa shape index (κ2) is 20.2. The number of ketones is 1. The molecule has 57 heavy (non-hydrogen) atoms. The van der Waals surface area contributed by atoms with Crippen LogP contribution in [-0.2, 0) is 28.8 Å². The van der Waals surface area contributed by atoms with Gasteiger partial charge < -0.3 is 31.5 Å². The Morgan fingerprint density at radius 1 is 0.842 bits per heavy atom. The maximum absolute atomic E-state index is 14.9. The minimum Gasteiger partial charge on any atom is -0.344 e. The molecule has 314 valence electrons. The monoisotopic (exact) mass is 808 g/mol. The Labute approximate surface area is 342 Å². The van der Waals surface area contributed by atoms with Crippen molar-refractivity contribution in [2.24, 2.45) is 23.2 Å². The molecule has 2 aliphatic heterocycles. The summed E-state index contributed by atoms with van der Waals surface area (Å²) >= 11 is 1.03. The highest BCUT2D eigenvalue weighted by Crippen LogP contribution is 2.40. The van der Waals surface area contributed by atoms with Gasteiger partial charge in [0.25, 0.3) is 11.1 Å². The van der Waals surface area contributed by atoms with Gasteiger partial charge in [-0.2, -0.15) is 0 Å². The summed E-state index contributed by atoms with van der Waals surface area (Å²) in [6.45, 7) is 9.59. The molecule has 7 atom stereocenters. The smallest absolute Gasteiger partial charge is 0.290 e. The number of rotatable bonds is 15. The summed E-state index contributed by atoms with van der Waals surface area (Å²) in [5.41, 5.74) is 0.0711. The molecule has 0 bridgehead atoms. The molecule has 14 heteroatoms. The maximum atomic E-state index is 14.9. The van der Waals surface area contributed by atoms with E-state index in [-0.39, 0.29) is 35.2 Å². The van der Waals surface area contributed by atoms with E-state index in [4.69, 9.17) is 0 Å². The third-order valence-corrected chi connectivity index (χ3v) is 13.3. The van der Waals surface area contributed by atoms with E-state index in [2.05, 4.69) is 26.6 Å². The van der Waals surface area contributed by atoms with Crippen molar-refractivity contribution in [1.29, 1.82) is 0 Å². The van der Waals surface area contributed by atoms with E-state index < -0.39 is 77.0 Å². The molecule has 0 aromatic heterocycles. The molecular weight excluding hydrogens is 745 g/mol. The fourth-order valence-electron chi connectivity index (χ4n) is 9.21. The Morgan fingerprint density at radius 3 is 2.09 bits per heavy atom. The summed E-state index contributed by atoms with van der Waals surface area (Å²) in [6.07, 6.45) is 10.9. The van der Waals surface area contributed by atoms with Gasteiger partial charge in [0.1, 0.15) is 24.2 Å². The van der Waals surface area contributed by atoms with Crippen LogP contribution in [0.3, 0.4) is 0 Å². The molecular formula is C43H64N6O7S. The number of thioether (sulfide) groups is 1. The van der Waals surface area contributed by atoms with Crippen molar-refractivity contribution in [2.45, 2.75) is 154 Å². The molecule has 0 spiro atoms.